The van der Waals surface area contributed by atoms with E-state index in [0.29, 0.717) is 5.39 Å². The largest absolute Gasteiger partial charge is 0.306 e. The molecule has 0 aliphatic rings. The van der Waals surface area contributed by atoms with E-state index >= 15 is 0 Å². The van der Waals surface area contributed by atoms with Crippen LogP contribution in [0.5, 0.6) is 0 Å². The van der Waals surface area contributed by atoms with Gasteiger partial charge in [0.05, 0.1) is 10.4 Å². The number of hydrogen-bond acceptors (Lipinski definition) is 3. The highest BCUT2D eigenvalue weighted by Gasteiger charge is 2.10. The summed E-state index contributed by atoms with van der Waals surface area (Å²) in [4.78, 5) is 21.9. The lowest BCUT2D eigenvalue weighted by molar-refractivity contribution is -0.384. The summed E-state index contributed by atoms with van der Waals surface area (Å²) in [6, 6.07) is 7.59. The van der Waals surface area contributed by atoms with Crippen molar-refractivity contribution in [1.29, 1.82) is 0 Å². The zero-order valence-corrected chi connectivity index (χ0v) is 9.58. The van der Waals surface area contributed by atoms with Crippen molar-refractivity contribution < 1.29 is 4.92 Å². The second kappa shape index (κ2) is 4.01. The standard InChI is InChI=1S/C12H12N2O3/c1-8(2)13-11-5-4-10(14(16)17)7-9(11)3-6-12(13)15/h3-8H,1-2H3. The van der Waals surface area contributed by atoms with Crippen LogP contribution in [0.25, 0.3) is 10.9 Å². The first kappa shape index (κ1) is 11.3. The first-order valence-corrected chi connectivity index (χ1v) is 5.30. The predicted molar refractivity (Wildman–Crippen MR) is 65.2 cm³/mol. The summed E-state index contributed by atoms with van der Waals surface area (Å²) in [7, 11) is 0. The van der Waals surface area contributed by atoms with Gasteiger partial charge in [0.25, 0.3) is 11.2 Å². The molecule has 5 nitrogen and oxygen atoms in total. The van der Waals surface area contributed by atoms with Gasteiger partial charge in [-0.2, -0.15) is 0 Å². The van der Waals surface area contributed by atoms with E-state index in [1.54, 1.807) is 16.7 Å². The lowest BCUT2D eigenvalue weighted by atomic mass is 10.2. The molecule has 1 heterocycles. The van der Waals surface area contributed by atoms with Gasteiger partial charge in [0.2, 0.25) is 0 Å². The van der Waals surface area contributed by atoms with Gasteiger partial charge in [0.1, 0.15) is 0 Å². The number of rotatable bonds is 2. The van der Waals surface area contributed by atoms with Gasteiger partial charge in [-0.1, -0.05) is 0 Å². The molecule has 1 aromatic heterocycles. The Morgan fingerprint density at radius 3 is 2.53 bits per heavy atom. The van der Waals surface area contributed by atoms with Gasteiger partial charge in [-0.05, 0) is 26.0 Å². The van der Waals surface area contributed by atoms with Gasteiger partial charge in [0, 0.05) is 29.6 Å². The van der Waals surface area contributed by atoms with E-state index < -0.39 is 4.92 Å². The van der Waals surface area contributed by atoms with Crippen LogP contribution in [-0.4, -0.2) is 9.49 Å². The fourth-order valence-corrected chi connectivity index (χ4v) is 1.90. The van der Waals surface area contributed by atoms with E-state index in [9.17, 15) is 14.9 Å². The quantitative estimate of drug-likeness (QED) is 0.590. The Kier molecular flexibility index (Phi) is 2.67. The summed E-state index contributed by atoms with van der Waals surface area (Å²) < 4.78 is 1.62. The van der Waals surface area contributed by atoms with Crippen LogP contribution in [0.3, 0.4) is 0 Å². The molecule has 0 unspecified atom stereocenters. The van der Waals surface area contributed by atoms with Crippen molar-refractivity contribution in [3.8, 4) is 0 Å². The molecule has 1 aromatic carbocycles. The highest BCUT2D eigenvalue weighted by Crippen LogP contribution is 2.21. The molecule has 0 bridgehead atoms. The Bertz CT molecular complexity index is 644. The third-order valence-electron chi connectivity index (χ3n) is 2.64. The highest BCUT2D eigenvalue weighted by molar-refractivity contribution is 5.81. The average Bonchev–Trinajstić information content (AvgIpc) is 2.27. The van der Waals surface area contributed by atoms with Gasteiger partial charge in [-0.25, -0.2) is 0 Å². The maximum Gasteiger partial charge on any atom is 0.270 e. The van der Waals surface area contributed by atoms with Crippen molar-refractivity contribution in [1.82, 2.24) is 4.57 Å². The molecule has 0 aliphatic carbocycles. The minimum absolute atomic E-state index is 0.0210. The van der Waals surface area contributed by atoms with E-state index in [4.69, 9.17) is 0 Å². The number of non-ortho nitro benzene ring substituents is 1. The van der Waals surface area contributed by atoms with Crippen LogP contribution >= 0.6 is 0 Å². The molecule has 5 heteroatoms. The molecule has 2 rings (SSSR count). The normalized spacial score (nSPS) is 11.0. The highest BCUT2D eigenvalue weighted by atomic mass is 16.6. The molecule has 2 aromatic rings. The molecule has 0 saturated heterocycles. The SMILES string of the molecule is CC(C)n1c(=O)ccc2cc([N+](=O)[O-])ccc21. The number of nitro groups is 1. The minimum Gasteiger partial charge on any atom is -0.306 e. The Labute approximate surface area is 97.5 Å². The van der Waals surface area contributed by atoms with Gasteiger partial charge in [0.15, 0.2) is 0 Å². The van der Waals surface area contributed by atoms with Crippen LogP contribution in [0.1, 0.15) is 19.9 Å². The van der Waals surface area contributed by atoms with Crippen LogP contribution < -0.4 is 5.56 Å². The van der Waals surface area contributed by atoms with Crippen LogP contribution in [-0.2, 0) is 0 Å². The molecule has 0 atom stereocenters. The van der Waals surface area contributed by atoms with Crippen molar-refractivity contribution in [2.24, 2.45) is 0 Å². The zero-order valence-electron chi connectivity index (χ0n) is 9.58. The zero-order chi connectivity index (χ0) is 12.6. The molecule has 0 radical (unpaired) electrons. The third-order valence-corrected chi connectivity index (χ3v) is 2.64. The summed E-state index contributed by atoms with van der Waals surface area (Å²) in [6.07, 6.45) is 0. The Morgan fingerprint density at radius 2 is 1.94 bits per heavy atom. The smallest absolute Gasteiger partial charge is 0.270 e. The summed E-state index contributed by atoms with van der Waals surface area (Å²) in [6.45, 7) is 3.81. The van der Waals surface area contributed by atoms with Crippen molar-refractivity contribution in [2.45, 2.75) is 19.9 Å². The predicted octanol–water partition coefficient (Wildman–Crippen LogP) is 2.49. The number of hydrogen-bond donors (Lipinski definition) is 0. The number of aromatic nitrogens is 1. The number of nitrogens with zero attached hydrogens (tertiary/aromatic N) is 2. The maximum atomic E-state index is 11.7. The molecule has 0 spiro atoms. The third kappa shape index (κ3) is 1.91. The first-order chi connectivity index (χ1) is 8.00. The van der Waals surface area contributed by atoms with Gasteiger partial charge in [-0.15, -0.1) is 0 Å². The molecule has 0 saturated carbocycles. The van der Waals surface area contributed by atoms with Crippen molar-refractivity contribution in [3.05, 3.63) is 50.8 Å². The van der Waals surface area contributed by atoms with Gasteiger partial charge >= 0.3 is 0 Å². The van der Waals surface area contributed by atoms with Crippen LogP contribution in [0, 0.1) is 10.1 Å². The maximum absolute atomic E-state index is 11.7. The second-order valence-corrected chi connectivity index (χ2v) is 4.14. The summed E-state index contributed by atoms with van der Waals surface area (Å²) in [5.74, 6) is 0. The lowest BCUT2D eigenvalue weighted by Gasteiger charge is -2.13. The lowest BCUT2D eigenvalue weighted by Crippen LogP contribution is -2.20. The fourth-order valence-electron chi connectivity index (χ4n) is 1.90. The molecule has 0 aliphatic heterocycles. The van der Waals surface area contributed by atoms with Crippen LogP contribution in [0.4, 0.5) is 5.69 Å². The molecule has 0 fully saturated rings. The molecule has 0 amide bonds. The Hall–Kier alpha value is -2.17. The Balaban J connectivity index is 2.80. The number of pyridine rings is 1. The first-order valence-electron chi connectivity index (χ1n) is 5.30. The molecule has 17 heavy (non-hydrogen) atoms. The topological polar surface area (TPSA) is 65.1 Å². The van der Waals surface area contributed by atoms with Crippen molar-refractivity contribution >= 4 is 16.6 Å². The summed E-state index contributed by atoms with van der Waals surface area (Å²) in [5, 5.41) is 11.4. The monoisotopic (exact) mass is 232 g/mol. The molecule has 0 N–H and O–H groups in total. The van der Waals surface area contributed by atoms with Crippen LogP contribution in [0.15, 0.2) is 35.1 Å². The Morgan fingerprint density at radius 1 is 1.24 bits per heavy atom. The fraction of sp³-hybridized carbons (Fsp3) is 0.250. The average molecular weight is 232 g/mol. The van der Waals surface area contributed by atoms with E-state index in [2.05, 4.69) is 0 Å². The molecule has 88 valence electrons. The van der Waals surface area contributed by atoms with E-state index in [1.165, 1.54) is 18.2 Å². The van der Waals surface area contributed by atoms with Crippen molar-refractivity contribution in [3.63, 3.8) is 0 Å². The molecular formula is C12H12N2O3. The van der Waals surface area contributed by atoms with E-state index in [1.807, 2.05) is 13.8 Å². The van der Waals surface area contributed by atoms with E-state index in [0.717, 1.165) is 5.52 Å². The summed E-state index contributed by atoms with van der Waals surface area (Å²) in [5.41, 5.74) is 0.658. The number of benzene rings is 1. The van der Waals surface area contributed by atoms with Gasteiger partial charge < -0.3 is 4.57 Å². The van der Waals surface area contributed by atoms with Crippen LogP contribution in [0.2, 0.25) is 0 Å². The minimum atomic E-state index is -0.440. The summed E-state index contributed by atoms with van der Waals surface area (Å²) >= 11 is 0. The van der Waals surface area contributed by atoms with E-state index in [-0.39, 0.29) is 17.3 Å². The van der Waals surface area contributed by atoms with Crippen molar-refractivity contribution in [2.75, 3.05) is 0 Å². The number of nitro benzene ring substituents is 1. The second-order valence-electron chi connectivity index (χ2n) is 4.14. The number of fused-ring (bicyclic) bond motifs is 1. The molecular weight excluding hydrogens is 220 g/mol. The van der Waals surface area contributed by atoms with Gasteiger partial charge in [-0.3, -0.25) is 14.9 Å².